The number of benzene rings is 1. The Morgan fingerprint density at radius 1 is 1.42 bits per heavy atom. The second-order valence-corrected chi connectivity index (χ2v) is 7.96. The van der Waals surface area contributed by atoms with Crippen LogP contribution in [0.3, 0.4) is 0 Å². The molecule has 138 valence electrons. The number of ether oxygens (including phenoxy) is 1. The fourth-order valence-corrected chi connectivity index (χ4v) is 2.75. The van der Waals surface area contributed by atoms with Gasteiger partial charge in [-0.15, -0.1) is 24.0 Å². The van der Waals surface area contributed by atoms with Crippen LogP contribution in [0.1, 0.15) is 13.3 Å². The van der Waals surface area contributed by atoms with Crippen LogP contribution in [0.15, 0.2) is 29.3 Å². The van der Waals surface area contributed by atoms with Gasteiger partial charge in [-0.2, -0.15) is 0 Å². The Morgan fingerprint density at radius 2 is 2.12 bits per heavy atom. The Balaban J connectivity index is 0.00000529. The molecule has 0 saturated heterocycles. The summed E-state index contributed by atoms with van der Waals surface area (Å²) >= 11 is 5.88. The number of sulfone groups is 1. The number of hydrogen-bond donors (Lipinski definition) is 2. The van der Waals surface area contributed by atoms with Crippen LogP contribution >= 0.6 is 35.6 Å². The van der Waals surface area contributed by atoms with Gasteiger partial charge < -0.3 is 15.4 Å². The molecule has 0 fully saturated rings. The lowest BCUT2D eigenvalue weighted by Crippen LogP contribution is -2.44. The molecule has 1 aromatic rings. The summed E-state index contributed by atoms with van der Waals surface area (Å²) in [7, 11) is -1.28. The van der Waals surface area contributed by atoms with Crippen LogP contribution in [0, 0.1) is 0 Å². The Bertz CT molecular complexity index is 626. The van der Waals surface area contributed by atoms with Crippen LogP contribution in [-0.4, -0.2) is 52.6 Å². The number of halogens is 2. The number of guanidine groups is 1. The van der Waals surface area contributed by atoms with Gasteiger partial charge in [0.05, 0.1) is 12.3 Å². The zero-order valence-electron chi connectivity index (χ0n) is 14.1. The molecule has 0 aliphatic heterocycles. The molecule has 1 atom stereocenters. The van der Waals surface area contributed by atoms with Gasteiger partial charge in [0, 0.05) is 24.4 Å². The minimum atomic E-state index is -2.95. The average Bonchev–Trinajstić information content (AvgIpc) is 2.47. The van der Waals surface area contributed by atoms with Gasteiger partial charge in [-0.3, -0.25) is 4.99 Å². The molecule has 0 bridgehead atoms. The van der Waals surface area contributed by atoms with Gasteiger partial charge in [-0.1, -0.05) is 17.7 Å². The maximum Gasteiger partial charge on any atom is 0.191 e. The van der Waals surface area contributed by atoms with E-state index in [1.165, 1.54) is 6.26 Å². The van der Waals surface area contributed by atoms with E-state index in [1.807, 2.05) is 19.1 Å². The maximum absolute atomic E-state index is 11.2. The zero-order chi connectivity index (χ0) is 17.3. The largest absolute Gasteiger partial charge is 0.492 e. The summed E-state index contributed by atoms with van der Waals surface area (Å²) in [5.74, 6) is 1.47. The first-order chi connectivity index (χ1) is 10.8. The van der Waals surface area contributed by atoms with Crippen molar-refractivity contribution in [3.05, 3.63) is 29.3 Å². The molecule has 0 amide bonds. The van der Waals surface area contributed by atoms with Gasteiger partial charge in [0.2, 0.25) is 0 Å². The minimum Gasteiger partial charge on any atom is -0.492 e. The highest BCUT2D eigenvalue weighted by atomic mass is 127. The summed E-state index contributed by atoms with van der Waals surface area (Å²) in [6, 6.07) is 7.21. The minimum absolute atomic E-state index is 0. The van der Waals surface area contributed by atoms with E-state index in [0.717, 1.165) is 0 Å². The van der Waals surface area contributed by atoms with Crippen LogP contribution in [0.2, 0.25) is 5.02 Å². The van der Waals surface area contributed by atoms with Crippen molar-refractivity contribution in [3.63, 3.8) is 0 Å². The molecule has 0 aromatic heterocycles. The SMILES string of the molecule is CN=C(NCCOc1cccc(Cl)c1)NC(C)CCS(C)(=O)=O.I. The van der Waals surface area contributed by atoms with Crippen molar-refractivity contribution in [2.45, 2.75) is 19.4 Å². The van der Waals surface area contributed by atoms with E-state index >= 15 is 0 Å². The highest BCUT2D eigenvalue weighted by molar-refractivity contribution is 14.0. The molecular weight excluding hydrogens is 465 g/mol. The van der Waals surface area contributed by atoms with E-state index in [4.69, 9.17) is 16.3 Å². The fraction of sp³-hybridized carbons (Fsp3) is 0.533. The zero-order valence-corrected chi connectivity index (χ0v) is 18.0. The molecule has 9 heteroatoms. The Morgan fingerprint density at radius 3 is 2.71 bits per heavy atom. The van der Waals surface area contributed by atoms with Crippen molar-refractivity contribution in [3.8, 4) is 5.75 Å². The number of rotatable bonds is 8. The van der Waals surface area contributed by atoms with E-state index in [1.54, 1.807) is 19.2 Å². The lowest BCUT2D eigenvalue weighted by molar-refractivity contribution is 0.321. The van der Waals surface area contributed by atoms with E-state index in [0.29, 0.717) is 36.3 Å². The summed E-state index contributed by atoms with van der Waals surface area (Å²) in [5, 5.41) is 6.89. The molecule has 0 saturated carbocycles. The van der Waals surface area contributed by atoms with E-state index in [9.17, 15) is 8.42 Å². The Labute approximate surface area is 166 Å². The molecule has 6 nitrogen and oxygen atoms in total. The van der Waals surface area contributed by atoms with Gasteiger partial charge in [-0.05, 0) is 31.5 Å². The van der Waals surface area contributed by atoms with Crippen LogP contribution < -0.4 is 15.4 Å². The number of nitrogens with one attached hydrogen (secondary N) is 2. The predicted molar refractivity (Wildman–Crippen MR) is 111 cm³/mol. The van der Waals surface area contributed by atoms with Crippen molar-refractivity contribution in [1.82, 2.24) is 10.6 Å². The molecule has 0 aliphatic carbocycles. The van der Waals surface area contributed by atoms with Gasteiger partial charge in [0.1, 0.15) is 22.2 Å². The van der Waals surface area contributed by atoms with Crippen molar-refractivity contribution in [1.29, 1.82) is 0 Å². The molecule has 1 rings (SSSR count). The van der Waals surface area contributed by atoms with Crippen molar-refractivity contribution in [2.75, 3.05) is 32.2 Å². The lowest BCUT2D eigenvalue weighted by Gasteiger charge is -2.17. The van der Waals surface area contributed by atoms with E-state index in [-0.39, 0.29) is 35.8 Å². The highest BCUT2D eigenvalue weighted by Crippen LogP contribution is 2.16. The summed E-state index contributed by atoms with van der Waals surface area (Å²) in [6.45, 7) is 2.93. The molecule has 0 radical (unpaired) electrons. The quantitative estimate of drug-likeness (QED) is 0.254. The standard InChI is InChI=1S/C15H24ClN3O3S.HI/c1-12(7-10-23(3,20)21)19-15(17-2)18-8-9-22-14-6-4-5-13(16)11-14;/h4-6,11-12H,7-10H2,1-3H3,(H2,17,18,19);1H. The topological polar surface area (TPSA) is 79.8 Å². The van der Waals surface area contributed by atoms with E-state index < -0.39 is 9.84 Å². The Kier molecular flexibility index (Phi) is 11.4. The van der Waals surface area contributed by atoms with Crippen LogP contribution in [-0.2, 0) is 9.84 Å². The summed E-state index contributed by atoms with van der Waals surface area (Å²) < 4.78 is 27.9. The third-order valence-electron chi connectivity index (χ3n) is 2.99. The van der Waals surface area contributed by atoms with Crippen LogP contribution in [0.5, 0.6) is 5.75 Å². The second kappa shape index (κ2) is 11.8. The Hall–Kier alpha value is -0.740. The first kappa shape index (κ1) is 23.3. The van der Waals surface area contributed by atoms with Crippen molar-refractivity contribution < 1.29 is 13.2 Å². The normalized spacial score (nSPS) is 12.9. The van der Waals surface area contributed by atoms with Gasteiger partial charge in [0.15, 0.2) is 5.96 Å². The van der Waals surface area contributed by atoms with Crippen molar-refractivity contribution >= 4 is 51.4 Å². The molecule has 0 spiro atoms. The van der Waals surface area contributed by atoms with E-state index in [2.05, 4.69) is 15.6 Å². The number of hydrogen-bond acceptors (Lipinski definition) is 4. The number of nitrogens with zero attached hydrogens (tertiary/aromatic N) is 1. The third-order valence-corrected chi connectivity index (χ3v) is 4.20. The van der Waals surface area contributed by atoms with Crippen LogP contribution in [0.25, 0.3) is 0 Å². The average molecular weight is 490 g/mol. The fourth-order valence-electron chi connectivity index (χ4n) is 1.79. The molecule has 1 aromatic carbocycles. The van der Waals surface area contributed by atoms with Gasteiger partial charge >= 0.3 is 0 Å². The molecule has 1 unspecified atom stereocenters. The van der Waals surface area contributed by atoms with Gasteiger partial charge in [0.25, 0.3) is 0 Å². The summed E-state index contributed by atoms with van der Waals surface area (Å²) in [4.78, 5) is 4.10. The monoisotopic (exact) mass is 489 g/mol. The molecule has 24 heavy (non-hydrogen) atoms. The molecule has 0 heterocycles. The predicted octanol–water partition coefficient (Wildman–Crippen LogP) is 2.33. The van der Waals surface area contributed by atoms with Gasteiger partial charge in [-0.25, -0.2) is 8.42 Å². The first-order valence-electron chi connectivity index (χ1n) is 7.33. The second-order valence-electron chi connectivity index (χ2n) is 5.27. The van der Waals surface area contributed by atoms with Crippen molar-refractivity contribution in [2.24, 2.45) is 4.99 Å². The molecule has 2 N–H and O–H groups in total. The highest BCUT2D eigenvalue weighted by Gasteiger charge is 2.09. The molecule has 0 aliphatic rings. The summed E-state index contributed by atoms with van der Waals surface area (Å²) in [5.41, 5.74) is 0. The first-order valence-corrected chi connectivity index (χ1v) is 9.77. The maximum atomic E-state index is 11.2. The molecular formula is C15H25ClIN3O3S. The van der Waals surface area contributed by atoms with Crippen LogP contribution in [0.4, 0.5) is 0 Å². The summed E-state index contributed by atoms with van der Waals surface area (Å²) in [6.07, 6.45) is 1.76. The third kappa shape index (κ3) is 10.9. The lowest BCUT2D eigenvalue weighted by atomic mass is 10.3. The smallest absolute Gasteiger partial charge is 0.191 e. The number of aliphatic imine (C=N–C) groups is 1.